The molecule has 0 aliphatic heterocycles. The Hall–Kier alpha value is -1.59. The summed E-state index contributed by atoms with van der Waals surface area (Å²) in [6, 6.07) is 7.02. The van der Waals surface area contributed by atoms with Gasteiger partial charge in [0.2, 0.25) is 0 Å². The summed E-state index contributed by atoms with van der Waals surface area (Å²) in [6.07, 6.45) is 0.281. The van der Waals surface area contributed by atoms with Crippen LogP contribution in [0.25, 0.3) is 0 Å². The Morgan fingerprint density at radius 2 is 2.05 bits per heavy atom. The van der Waals surface area contributed by atoms with Crippen molar-refractivity contribution in [1.82, 2.24) is 5.32 Å². The van der Waals surface area contributed by atoms with Crippen molar-refractivity contribution in [3.05, 3.63) is 29.8 Å². The van der Waals surface area contributed by atoms with Crippen LogP contribution in [0, 0.1) is 0 Å². The van der Waals surface area contributed by atoms with E-state index in [2.05, 4.69) is 5.32 Å². The molecule has 1 atom stereocenters. The fourth-order valence-corrected chi connectivity index (χ4v) is 1.49. The van der Waals surface area contributed by atoms with Crippen molar-refractivity contribution < 1.29 is 19.4 Å². The van der Waals surface area contributed by atoms with Crippen molar-refractivity contribution in [3.8, 4) is 5.75 Å². The molecule has 0 saturated heterocycles. The van der Waals surface area contributed by atoms with E-state index in [0.717, 1.165) is 12.0 Å². The van der Waals surface area contributed by atoms with Gasteiger partial charge in [0, 0.05) is 20.3 Å². The molecule has 1 rings (SSSR count). The van der Waals surface area contributed by atoms with Crippen LogP contribution in [-0.4, -0.2) is 37.9 Å². The number of hydrogen-bond acceptors (Lipinski definition) is 4. The first kappa shape index (κ1) is 15.5. The number of rotatable bonds is 8. The highest BCUT2D eigenvalue weighted by atomic mass is 16.5. The second kappa shape index (κ2) is 8.50. The topological polar surface area (TPSA) is 67.8 Å². The minimum absolute atomic E-state index is 0.0129. The number of methoxy groups -OCH3 is 1. The molecule has 0 spiro atoms. The van der Waals surface area contributed by atoms with Crippen LogP contribution in [0.3, 0.4) is 0 Å². The predicted molar refractivity (Wildman–Crippen MR) is 72.1 cm³/mol. The molecule has 0 bridgehead atoms. The summed E-state index contributed by atoms with van der Waals surface area (Å²) in [4.78, 5) is 11.4. The number of hydrogen-bond donors (Lipinski definition) is 2. The molecule has 1 unspecified atom stereocenters. The van der Waals surface area contributed by atoms with E-state index >= 15 is 0 Å². The summed E-state index contributed by atoms with van der Waals surface area (Å²) in [5, 5.41) is 12.1. The van der Waals surface area contributed by atoms with Crippen LogP contribution in [0.2, 0.25) is 0 Å². The highest BCUT2D eigenvalue weighted by molar-refractivity contribution is 5.77. The van der Waals surface area contributed by atoms with Gasteiger partial charge in [0.15, 0.2) is 6.61 Å². The van der Waals surface area contributed by atoms with Crippen molar-refractivity contribution in [2.75, 3.05) is 26.9 Å². The average Bonchev–Trinajstić information content (AvgIpc) is 2.42. The fourth-order valence-electron chi connectivity index (χ4n) is 1.49. The van der Waals surface area contributed by atoms with E-state index in [-0.39, 0.29) is 12.5 Å². The Labute approximate surface area is 113 Å². The summed E-state index contributed by atoms with van der Waals surface area (Å²) in [5.41, 5.74) is 0.816. The molecule has 1 amide bonds. The standard InChI is InChI=1S/C14H21NO4/c1-11(16)12-4-6-13(7-5-12)19-10-14(17)15-8-3-9-18-2/h4-7,11,16H,3,8-10H2,1-2H3,(H,15,17). The Morgan fingerprint density at radius 1 is 1.37 bits per heavy atom. The molecule has 1 aromatic rings. The second-order valence-electron chi connectivity index (χ2n) is 4.23. The van der Waals surface area contributed by atoms with Crippen molar-refractivity contribution in [3.63, 3.8) is 0 Å². The van der Waals surface area contributed by atoms with Crippen LogP contribution in [0.4, 0.5) is 0 Å². The number of nitrogens with one attached hydrogen (secondary N) is 1. The van der Waals surface area contributed by atoms with Crippen LogP contribution < -0.4 is 10.1 Å². The van der Waals surface area contributed by atoms with Gasteiger partial charge in [0.25, 0.3) is 5.91 Å². The number of benzene rings is 1. The molecule has 2 N–H and O–H groups in total. The second-order valence-corrected chi connectivity index (χ2v) is 4.23. The van der Waals surface area contributed by atoms with Gasteiger partial charge in [-0.25, -0.2) is 0 Å². The molecule has 0 aromatic heterocycles. The molecule has 0 heterocycles. The highest BCUT2D eigenvalue weighted by Crippen LogP contribution is 2.16. The summed E-state index contributed by atoms with van der Waals surface area (Å²) in [6.45, 7) is 2.89. The van der Waals surface area contributed by atoms with E-state index in [1.165, 1.54) is 0 Å². The van der Waals surface area contributed by atoms with E-state index in [1.54, 1.807) is 38.3 Å². The third kappa shape index (κ3) is 6.22. The number of aliphatic hydroxyl groups is 1. The monoisotopic (exact) mass is 267 g/mol. The molecule has 1 aromatic carbocycles. The first-order valence-corrected chi connectivity index (χ1v) is 6.30. The lowest BCUT2D eigenvalue weighted by atomic mass is 10.1. The average molecular weight is 267 g/mol. The van der Waals surface area contributed by atoms with E-state index in [0.29, 0.717) is 18.9 Å². The number of ether oxygens (including phenoxy) is 2. The highest BCUT2D eigenvalue weighted by Gasteiger charge is 2.03. The molecule has 0 fully saturated rings. The van der Waals surface area contributed by atoms with E-state index in [9.17, 15) is 9.90 Å². The van der Waals surface area contributed by atoms with Gasteiger partial charge in [-0.2, -0.15) is 0 Å². The van der Waals surface area contributed by atoms with Crippen LogP contribution in [0.15, 0.2) is 24.3 Å². The molecule has 5 nitrogen and oxygen atoms in total. The molecule has 19 heavy (non-hydrogen) atoms. The zero-order valence-corrected chi connectivity index (χ0v) is 11.4. The maximum Gasteiger partial charge on any atom is 0.257 e. The van der Waals surface area contributed by atoms with Crippen LogP contribution >= 0.6 is 0 Å². The number of aliphatic hydroxyl groups excluding tert-OH is 1. The van der Waals surface area contributed by atoms with Gasteiger partial charge in [0.05, 0.1) is 6.10 Å². The summed E-state index contributed by atoms with van der Waals surface area (Å²) in [5.74, 6) is 0.451. The lowest BCUT2D eigenvalue weighted by Gasteiger charge is -2.09. The Balaban J connectivity index is 2.26. The summed E-state index contributed by atoms with van der Waals surface area (Å²) >= 11 is 0. The first-order chi connectivity index (χ1) is 9.13. The minimum Gasteiger partial charge on any atom is -0.484 e. The molecule has 0 saturated carbocycles. The summed E-state index contributed by atoms with van der Waals surface area (Å²) in [7, 11) is 1.63. The van der Waals surface area contributed by atoms with Crippen LogP contribution in [0.1, 0.15) is 25.0 Å². The maximum absolute atomic E-state index is 11.4. The summed E-state index contributed by atoms with van der Waals surface area (Å²) < 4.78 is 10.2. The van der Waals surface area contributed by atoms with E-state index in [1.807, 2.05) is 0 Å². The molecule has 5 heteroatoms. The van der Waals surface area contributed by atoms with Gasteiger partial charge in [-0.3, -0.25) is 4.79 Å². The van der Waals surface area contributed by atoms with Gasteiger partial charge in [0.1, 0.15) is 5.75 Å². The largest absolute Gasteiger partial charge is 0.484 e. The Bertz CT molecular complexity index is 376. The maximum atomic E-state index is 11.4. The first-order valence-electron chi connectivity index (χ1n) is 6.30. The Morgan fingerprint density at radius 3 is 2.63 bits per heavy atom. The molecular weight excluding hydrogens is 246 g/mol. The van der Waals surface area contributed by atoms with Crippen LogP contribution in [-0.2, 0) is 9.53 Å². The van der Waals surface area contributed by atoms with Crippen molar-refractivity contribution in [1.29, 1.82) is 0 Å². The van der Waals surface area contributed by atoms with Gasteiger partial charge in [-0.05, 0) is 31.0 Å². The molecule has 106 valence electrons. The quantitative estimate of drug-likeness (QED) is 0.696. The van der Waals surface area contributed by atoms with Crippen molar-refractivity contribution in [2.45, 2.75) is 19.4 Å². The van der Waals surface area contributed by atoms with Gasteiger partial charge in [-0.1, -0.05) is 12.1 Å². The zero-order valence-electron chi connectivity index (χ0n) is 11.4. The lowest BCUT2D eigenvalue weighted by molar-refractivity contribution is -0.123. The third-order valence-corrected chi connectivity index (χ3v) is 2.58. The van der Waals surface area contributed by atoms with Crippen molar-refractivity contribution in [2.24, 2.45) is 0 Å². The zero-order chi connectivity index (χ0) is 14.1. The SMILES string of the molecule is COCCCNC(=O)COc1ccc(C(C)O)cc1. The normalized spacial score (nSPS) is 11.9. The molecule has 0 radical (unpaired) electrons. The minimum atomic E-state index is -0.502. The molecule has 0 aliphatic rings. The van der Waals surface area contributed by atoms with Crippen molar-refractivity contribution >= 4 is 5.91 Å². The molecular formula is C14H21NO4. The van der Waals surface area contributed by atoms with Gasteiger partial charge in [-0.15, -0.1) is 0 Å². The number of amides is 1. The lowest BCUT2D eigenvalue weighted by Crippen LogP contribution is -2.30. The third-order valence-electron chi connectivity index (χ3n) is 2.58. The fraction of sp³-hybridized carbons (Fsp3) is 0.500. The van der Waals surface area contributed by atoms with Gasteiger partial charge >= 0.3 is 0 Å². The number of carbonyl (C=O) groups excluding carboxylic acids is 1. The van der Waals surface area contributed by atoms with E-state index in [4.69, 9.17) is 9.47 Å². The number of carbonyl (C=O) groups is 1. The molecule has 0 aliphatic carbocycles. The smallest absolute Gasteiger partial charge is 0.257 e. The van der Waals surface area contributed by atoms with E-state index < -0.39 is 6.10 Å². The Kier molecular flexibility index (Phi) is 6.92. The van der Waals surface area contributed by atoms with Gasteiger partial charge < -0.3 is 19.9 Å². The van der Waals surface area contributed by atoms with Crippen LogP contribution in [0.5, 0.6) is 5.75 Å². The predicted octanol–water partition coefficient (Wildman–Crippen LogP) is 1.27.